The van der Waals surface area contributed by atoms with E-state index in [2.05, 4.69) is 41.3 Å². The molecule has 3 rings (SSSR count). The van der Waals surface area contributed by atoms with Crippen molar-refractivity contribution < 1.29 is 0 Å². The quantitative estimate of drug-likeness (QED) is 0.778. The van der Waals surface area contributed by atoms with Gasteiger partial charge in [-0.3, -0.25) is 4.98 Å². The van der Waals surface area contributed by atoms with Crippen LogP contribution < -0.4 is 4.90 Å². The lowest BCUT2D eigenvalue weighted by atomic mass is 9.99. The van der Waals surface area contributed by atoms with Crippen LogP contribution in [0.5, 0.6) is 0 Å². The molecule has 0 amide bonds. The molecule has 1 aliphatic heterocycles. The third-order valence-corrected chi connectivity index (χ3v) is 4.16. The Labute approximate surface area is 107 Å². The first-order valence-corrected chi connectivity index (χ1v) is 6.83. The van der Waals surface area contributed by atoms with E-state index in [4.69, 9.17) is 0 Å². The average molecular weight is 297 g/mol. The summed E-state index contributed by atoms with van der Waals surface area (Å²) in [7, 11) is 0. The van der Waals surface area contributed by atoms with Gasteiger partial charge in [-0.25, -0.2) is 0 Å². The molecule has 0 unspecified atom stereocenters. The van der Waals surface area contributed by atoms with Gasteiger partial charge in [-0.15, -0.1) is 5.10 Å². The standard InChI is InChI=1S/C10H13BrN6/c11-5-8-1-3-16(4-2-8)10-7-12-6-9-13-14-15-17(9)10/h6-8H,1-5H2. The molecule has 0 bridgehead atoms. The van der Waals surface area contributed by atoms with E-state index in [1.807, 2.05) is 6.20 Å². The van der Waals surface area contributed by atoms with E-state index in [-0.39, 0.29) is 0 Å². The Kier molecular flexibility index (Phi) is 2.92. The molecule has 6 nitrogen and oxygen atoms in total. The Morgan fingerprint density at radius 1 is 1.29 bits per heavy atom. The number of aromatic nitrogens is 5. The molecule has 0 spiro atoms. The average Bonchev–Trinajstić information content (AvgIpc) is 2.87. The minimum absolute atomic E-state index is 0.699. The van der Waals surface area contributed by atoms with E-state index in [9.17, 15) is 0 Å². The maximum atomic E-state index is 4.19. The molecular weight excluding hydrogens is 284 g/mol. The minimum Gasteiger partial charge on any atom is -0.355 e. The number of hydrogen-bond donors (Lipinski definition) is 0. The number of fused-ring (bicyclic) bond motifs is 1. The van der Waals surface area contributed by atoms with E-state index in [0.717, 1.165) is 30.2 Å². The van der Waals surface area contributed by atoms with Gasteiger partial charge < -0.3 is 4.90 Å². The smallest absolute Gasteiger partial charge is 0.199 e. The molecule has 0 aromatic carbocycles. The fourth-order valence-electron chi connectivity index (χ4n) is 2.19. The Balaban J connectivity index is 1.87. The third-order valence-electron chi connectivity index (χ3n) is 3.25. The normalized spacial score (nSPS) is 17.8. The summed E-state index contributed by atoms with van der Waals surface area (Å²) >= 11 is 3.55. The van der Waals surface area contributed by atoms with Crippen molar-refractivity contribution in [1.29, 1.82) is 0 Å². The summed E-state index contributed by atoms with van der Waals surface area (Å²) in [6.45, 7) is 2.08. The van der Waals surface area contributed by atoms with E-state index in [1.165, 1.54) is 12.8 Å². The molecule has 7 heteroatoms. The van der Waals surface area contributed by atoms with Gasteiger partial charge in [0.1, 0.15) is 0 Å². The van der Waals surface area contributed by atoms with Crippen molar-refractivity contribution in [1.82, 2.24) is 25.0 Å². The predicted octanol–water partition coefficient (Wildman–Crippen LogP) is 1.13. The highest BCUT2D eigenvalue weighted by Crippen LogP contribution is 2.23. The minimum atomic E-state index is 0.699. The van der Waals surface area contributed by atoms with E-state index < -0.39 is 0 Å². The molecule has 2 aromatic rings. The summed E-state index contributed by atoms with van der Waals surface area (Å²) in [6.07, 6.45) is 5.90. The van der Waals surface area contributed by atoms with Crippen LogP contribution in [0.25, 0.3) is 5.65 Å². The van der Waals surface area contributed by atoms with Gasteiger partial charge >= 0.3 is 0 Å². The van der Waals surface area contributed by atoms with Crippen molar-refractivity contribution in [3.63, 3.8) is 0 Å². The maximum Gasteiger partial charge on any atom is 0.199 e. The van der Waals surface area contributed by atoms with Gasteiger partial charge in [0.05, 0.1) is 12.4 Å². The Morgan fingerprint density at radius 3 is 2.88 bits per heavy atom. The number of hydrogen-bond acceptors (Lipinski definition) is 5. The van der Waals surface area contributed by atoms with Gasteiger partial charge in [-0.05, 0) is 29.2 Å². The lowest BCUT2D eigenvalue weighted by Gasteiger charge is -2.32. The lowest BCUT2D eigenvalue weighted by Crippen LogP contribution is -2.35. The zero-order valence-corrected chi connectivity index (χ0v) is 10.9. The lowest BCUT2D eigenvalue weighted by molar-refractivity contribution is 0.443. The van der Waals surface area contributed by atoms with Crippen molar-refractivity contribution >= 4 is 27.4 Å². The molecule has 1 saturated heterocycles. The van der Waals surface area contributed by atoms with E-state index in [0.29, 0.717) is 5.65 Å². The summed E-state index contributed by atoms with van der Waals surface area (Å²) in [6, 6.07) is 0. The van der Waals surface area contributed by atoms with Gasteiger partial charge in [-0.1, -0.05) is 15.9 Å². The van der Waals surface area contributed by atoms with E-state index in [1.54, 1.807) is 10.7 Å². The molecular formula is C10H13BrN6. The number of nitrogens with zero attached hydrogens (tertiary/aromatic N) is 6. The Hall–Kier alpha value is -1.24. The van der Waals surface area contributed by atoms with Crippen LogP contribution in [0.4, 0.5) is 5.82 Å². The first kappa shape index (κ1) is 10.9. The van der Waals surface area contributed by atoms with Crippen LogP contribution in [0.3, 0.4) is 0 Å². The molecule has 3 heterocycles. The number of rotatable bonds is 2. The zero-order chi connectivity index (χ0) is 11.7. The number of alkyl halides is 1. The molecule has 0 aliphatic carbocycles. The van der Waals surface area contributed by atoms with Gasteiger partial charge in [0.15, 0.2) is 11.5 Å². The maximum absolute atomic E-state index is 4.19. The highest BCUT2D eigenvalue weighted by atomic mass is 79.9. The third kappa shape index (κ3) is 1.99. The first-order valence-electron chi connectivity index (χ1n) is 5.71. The molecule has 0 saturated carbocycles. The summed E-state index contributed by atoms with van der Waals surface area (Å²) in [5.41, 5.74) is 0.699. The highest BCUT2D eigenvalue weighted by molar-refractivity contribution is 9.09. The second-order valence-corrected chi connectivity index (χ2v) is 4.95. The van der Waals surface area contributed by atoms with Crippen molar-refractivity contribution in [2.45, 2.75) is 12.8 Å². The largest absolute Gasteiger partial charge is 0.355 e. The van der Waals surface area contributed by atoms with Crippen molar-refractivity contribution in [2.75, 3.05) is 23.3 Å². The summed E-state index contributed by atoms with van der Waals surface area (Å²) in [4.78, 5) is 6.49. The summed E-state index contributed by atoms with van der Waals surface area (Å²) < 4.78 is 1.75. The predicted molar refractivity (Wildman–Crippen MR) is 67.3 cm³/mol. The topological polar surface area (TPSA) is 59.2 Å². The monoisotopic (exact) mass is 296 g/mol. The van der Waals surface area contributed by atoms with Crippen LogP contribution in [0, 0.1) is 5.92 Å². The van der Waals surface area contributed by atoms with Gasteiger partial charge in [0.2, 0.25) is 0 Å². The van der Waals surface area contributed by atoms with Crippen LogP contribution in [-0.2, 0) is 0 Å². The molecule has 0 atom stereocenters. The Bertz CT molecular complexity index is 504. The molecule has 90 valence electrons. The van der Waals surface area contributed by atoms with Crippen molar-refractivity contribution in [3.05, 3.63) is 12.4 Å². The fraction of sp³-hybridized carbons (Fsp3) is 0.600. The SMILES string of the molecule is BrCC1CCN(c2cncc3nnnn23)CC1. The second-order valence-electron chi connectivity index (χ2n) is 4.30. The molecule has 2 aromatic heterocycles. The number of tetrazole rings is 1. The molecule has 0 radical (unpaired) electrons. The molecule has 1 aliphatic rings. The van der Waals surface area contributed by atoms with Crippen LogP contribution in [0.2, 0.25) is 0 Å². The number of anilines is 1. The highest BCUT2D eigenvalue weighted by Gasteiger charge is 2.20. The van der Waals surface area contributed by atoms with Gasteiger partial charge in [0, 0.05) is 18.4 Å². The fourth-order valence-corrected chi connectivity index (χ4v) is 2.84. The zero-order valence-electron chi connectivity index (χ0n) is 9.33. The van der Waals surface area contributed by atoms with Crippen LogP contribution in [0.15, 0.2) is 12.4 Å². The number of piperidine rings is 1. The van der Waals surface area contributed by atoms with Gasteiger partial charge in [-0.2, -0.15) is 4.52 Å². The van der Waals surface area contributed by atoms with Gasteiger partial charge in [0.25, 0.3) is 0 Å². The van der Waals surface area contributed by atoms with Crippen LogP contribution >= 0.6 is 15.9 Å². The number of halogens is 1. The summed E-state index contributed by atoms with van der Waals surface area (Å²) in [5.74, 6) is 1.77. The molecule has 17 heavy (non-hydrogen) atoms. The van der Waals surface area contributed by atoms with Crippen LogP contribution in [-0.4, -0.2) is 43.4 Å². The van der Waals surface area contributed by atoms with E-state index >= 15 is 0 Å². The second kappa shape index (κ2) is 4.56. The van der Waals surface area contributed by atoms with Crippen molar-refractivity contribution in [3.8, 4) is 0 Å². The Morgan fingerprint density at radius 2 is 2.12 bits per heavy atom. The molecule has 0 N–H and O–H groups in total. The summed E-state index contributed by atoms with van der Waals surface area (Å²) in [5, 5.41) is 12.7. The van der Waals surface area contributed by atoms with Crippen molar-refractivity contribution in [2.24, 2.45) is 5.92 Å². The molecule has 1 fully saturated rings. The first-order chi connectivity index (χ1) is 8.38. The van der Waals surface area contributed by atoms with Crippen LogP contribution in [0.1, 0.15) is 12.8 Å².